The summed E-state index contributed by atoms with van der Waals surface area (Å²) in [6.45, 7) is 4.35. The molecule has 16 heavy (non-hydrogen) atoms. The second kappa shape index (κ2) is 5.50. The second-order valence-corrected chi connectivity index (χ2v) is 6.98. The van der Waals surface area contributed by atoms with Crippen LogP contribution in [0.25, 0.3) is 0 Å². The van der Waals surface area contributed by atoms with Crippen LogP contribution < -0.4 is 5.32 Å². The van der Waals surface area contributed by atoms with Crippen molar-refractivity contribution >= 4 is 32.4 Å². The normalized spacial score (nSPS) is 25.7. The lowest BCUT2D eigenvalue weighted by atomic mass is 9.84. The lowest BCUT2D eigenvalue weighted by Gasteiger charge is -2.28. The summed E-state index contributed by atoms with van der Waals surface area (Å²) in [6.07, 6.45) is 6.70. The molecule has 0 saturated heterocycles. The molecule has 1 heterocycles. The van der Waals surface area contributed by atoms with Crippen LogP contribution in [0.5, 0.6) is 0 Å². The van der Waals surface area contributed by atoms with Crippen molar-refractivity contribution in [3.05, 3.63) is 9.48 Å². The quantitative estimate of drug-likeness (QED) is 0.883. The number of rotatable bonds is 3. The minimum Gasteiger partial charge on any atom is -0.359 e. The van der Waals surface area contributed by atoms with Crippen LogP contribution in [0.4, 0.5) is 5.13 Å². The predicted octanol–water partition coefficient (Wildman–Crippen LogP) is 4.59. The van der Waals surface area contributed by atoms with Crippen molar-refractivity contribution in [2.75, 3.05) is 5.32 Å². The van der Waals surface area contributed by atoms with Crippen molar-refractivity contribution in [2.45, 2.75) is 52.0 Å². The fraction of sp³-hybridized carbons (Fsp3) is 0.750. The lowest BCUT2D eigenvalue weighted by molar-refractivity contribution is 0.327. The molecule has 0 amide bonds. The number of halogens is 1. The topological polar surface area (TPSA) is 24.9 Å². The Morgan fingerprint density at radius 2 is 2.31 bits per heavy atom. The summed E-state index contributed by atoms with van der Waals surface area (Å²) in [5, 5.41) is 4.66. The third kappa shape index (κ3) is 2.98. The van der Waals surface area contributed by atoms with E-state index in [0.717, 1.165) is 20.5 Å². The number of nitrogens with zero attached hydrogens (tertiary/aromatic N) is 1. The third-order valence-corrected chi connectivity index (χ3v) is 5.36. The van der Waals surface area contributed by atoms with Gasteiger partial charge in [0.2, 0.25) is 0 Å². The van der Waals surface area contributed by atoms with E-state index >= 15 is 0 Å². The SMILES string of the molecule is CCC1CCCC(Nc2nc(C)c(Br)s2)C1. The Morgan fingerprint density at radius 3 is 2.94 bits per heavy atom. The van der Waals surface area contributed by atoms with Gasteiger partial charge < -0.3 is 5.32 Å². The van der Waals surface area contributed by atoms with Gasteiger partial charge in [-0.05, 0) is 41.6 Å². The number of aryl methyl sites for hydroxylation is 1. The van der Waals surface area contributed by atoms with Crippen molar-refractivity contribution < 1.29 is 0 Å². The summed E-state index contributed by atoms with van der Waals surface area (Å²) >= 11 is 5.23. The molecule has 1 N–H and O–H groups in total. The molecule has 90 valence electrons. The zero-order valence-corrected chi connectivity index (χ0v) is 12.3. The highest BCUT2D eigenvalue weighted by atomic mass is 79.9. The standard InChI is InChI=1S/C12H19BrN2S/c1-3-9-5-4-6-10(7-9)15-12-14-8(2)11(13)16-12/h9-10H,3-7H2,1-2H3,(H,14,15). The van der Waals surface area contributed by atoms with Gasteiger partial charge >= 0.3 is 0 Å². The maximum absolute atomic E-state index is 4.52. The van der Waals surface area contributed by atoms with Gasteiger partial charge in [-0.3, -0.25) is 0 Å². The van der Waals surface area contributed by atoms with E-state index in [4.69, 9.17) is 0 Å². The number of thiazole rings is 1. The third-order valence-electron chi connectivity index (χ3n) is 3.43. The van der Waals surface area contributed by atoms with Crippen LogP contribution in [-0.4, -0.2) is 11.0 Å². The molecular formula is C12H19BrN2S. The zero-order valence-electron chi connectivity index (χ0n) is 9.92. The molecule has 1 aliphatic rings. The van der Waals surface area contributed by atoms with Crippen LogP contribution in [0.2, 0.25) is 0 Å². The highest BCUT2D eigenvalue weighted by Crippen LogP contribution is 2.32. The molecule has 1 aromatic heterocycles. The second-order valence-electron chi connectivity index (χ2n) is 4.66. The van der Waals surface area contributed by atoms with Crippen molar-refractivity contribution in [2.24, 2.45) is 5.92 Å². The summed E-state index contributed by atoms with van der Waals surface area (Å²) < 4.78 is 1.15. The Kier molecular flexibility index (Phi) is 4.25. The molecule has 0 radical (unpaired) electrons. The Labute approximate surface area is 110 Å². The smallest absolute Gasteiger partial charge is 0.184 e. The number of aromatic nitrogens is 1. The van der Waals surface area contributed by atoms with Gasteiger partial charge in [0.1, 0.15) is 0 Å². The van der Waals surface area contributed by atoms with Gasteiger partial charge in [0.25, 0.3) is 0 Å². The van der Waals surface area contributed by atoms with Crippen LogP contribution >= 0.6 is 27.3 Å². The Hall–Kier alpha value is -0.0900. The average Bonchev–Trinajstić information content (AvgIpc) is 2.58. The molecule has 1 aromatic rings. The summed E-state index contributed by atoms with van der Waals surface area (Å²) in [6, 6.07) is 0.635. The van der Waals surface area contributed by atoms with Crippen LogP contribution in [-0.2, 0) is 0 Å². The molecule has 2 unspecified atom stereocenters. The van der Waals surface area contributed by atoms with Gasteiger partial charge in [-0.2, -0.15) is 0 Å². The molecule has 1 saturated carbocycles. The van der Waals surface area contributed by atoms with E-state index in [1.54, 1.807) is 11.3 Å². The highest BCUT2D eigenvalue weighted by Gasteiger charge is 2.21. The summed E-state index contributed by atoms with van der Waals surface area (Å²) in [5.41, 5.74) is 1.09. The summed E-state index contributed by atoms with van der Waals surface area (Å²) in [4.78, 5) is 4.52. The molecule has 0 aliphatic heterocycles. The van der Waals surface area contributed by atoms with Gasteiger partial charge in [-0.15, -0.1) is 0 Å². The first-order valence-electron chi connectivity index (χ1n) is 6.08. The van der Waals surface area contributed by atoms with Gasteiger partial charge in [0, 0.05) is 6.04 Å². The van der Waals surface area contributed by atoms with E-state index in [0.29, 0.717) is 6.04 Å². The van der Waals surface area contributed by atoms with E-state index < -0.39 is 0 Å². The van der Waals surface area contributed by atoms with Gasteiger partial charge in [0.15, 0.2) is 5.13 Å². The minimum atomic E-state index is 0.635. The fourth-order valence-corrected chi connectivity index (χ4v) is 3.73. The first-order valence-corrected chi connectivity index (χ1v) is 7.69. The largest absolute Gasteiger partial charge is 0.359 e. The van der Waals surface area contributed by atoms with Crippen molar-refractivity contribution in [1.82, 2.24) is 4.98 Å². The summed E-state index contributed by atoms with van der Waals surface area (Å²) in [7, 11) is 0. The Morgan fingerprint density at radius 1 is 1.50 bits per heavy atom. The molecular weight excluding hydrogens is 284 g/mol. The fourth-order valence-electron chi connectivity index (χ4n) is 2.41. The zero-order chi connectivity index (χ0) is 11.5. The molecule has 2 rings (SSSR count). The average molecular weight is 303 g/mol. The predicted molar refractivity (Wildman–Crippen MR) is 74.2 cm³/mol. The molecule has 0 bridgehead atoms. The first kappa shape index (κ1) is 12.4. The van der Waals surface area contributed by atoms with Gasteiger partial charge in [0.05, 0.1) is 9.48 Å². The highest BCUT2D eigenvalue weighted by molar-refractivity contribution is 9.11. The maximum Gasteiger partial charge on any atom is 0.184 e. The number of hydrogen-bond donors (Lipinski definition) is 1. The summed E-state index contributed by atoms with van der Waals surface area (Å²) in [5.74, 6) is 0.913. The number of nitrogens with one attached hydrogen (secondary N) is 1. The molecule has 0 spiro atoms. The van der Waals surface area contributed by atoms with Gasteiger partial charge in [-0.1, -0.05) is 37.5 Å². The number of hydrogen-bond acceptors (Lipinski definition) is 3. The van der Waals surface area contributed by atoms with E-state index in [-0.39, 0.29) is 0 Å². The van der Waals surface area contributed by atoms with Crippen molar-refractivity contribution in [3.63, 3.8) is 0 Å². The molecule has 1 fully saturated rings. The first-order chi connectivity index (χ1) is 7.69. The van der Waals surface area contributed by atoms with Crippen LogP contribution in [0.15, 0.2) is 3.79 Å². The van der Waals surface area contributed by atoms with E-state index in [9.17, 15) is 0 Å². The molecule has 2 atom stereocenters. The monoisotopic (exact) mass is 302 g/mol. The Balaban J connectivity index is 1.93. The van der Waals surface area contributed by atoms with Crippen molar-refractivity contribution in [1.29, 1.82) is 0 Å². The molecule has 2 nitrogen and oxygen atoms in total. The van der Waals surface area contributed by atoms with Crippen LogP contribution in [0, 0.1) is 12.8 Å². The lowest BCUT2D eigenvalue weighted by Crippen LogP contribution is -2.26. The van der Waals surface area contributed by atoms with E-state index in [1.807, 2.05) is 6.92 Å². The van der Waals surface area contributed by atoms with E-state index in [2.05, 4.69) is 33.2 Å². The van der Waals surface area contributed by atoms with Crippen molar-refractivity contribution in [3.8, 4) is 0 Å². The van der Waals surface area contributed by atoms with Gasteiger partial charge in [-0.25, -0.2) is 4.98 Å². The number of anilines is 1. The maximum atomic E-state index is 4.52. The van der Waals surface area contributed by atoms with Crippen LogP contribution in [0.3, 0.4) is 0 Å². The molecule has 4 heteroatoms. The minimum absolute atomic E-state index is 0.635. The Bertz CT molecular complexity index is 331. The van der Waals surface area contributed by atoms with E-state index in [1.165, 1.54) is 32.1 Å². The molecule has 0 aromatic carbocycles. The van der Waals surface area contributed by atoms with Crippen LogP contribution in [0.1, 0.15) is 44.7 Å². The molecule has 1 aliphatic carbocycles.